The van der Waals surface area contributed by atoms with Crippen LogP contribution in [0, 0.1) is 12.3 Å². The van der Waals surface area contributed by atoms with E-state index >= 15 is 0 Å². The predicted molar refractivity (Wildman–Crippen MR) is 93.0 cm³/mol. The van der Waals surface area contributed by atoms with E-state index in [0.717, 1.165) is 0 Å². The summed E-state index contributed by atoms with van der Waals surface area (Å²) < 4.78 is 11.0. The molecule has 1 N–H and O–H groups in total. The predicted octanol–water partition coefficient (Wildman–Crippen LogP) is 3.70. The SMILES string of the molecule is C#CCOCC(C)(C)NC(=O)C(CC)Oc1cc(Cl)cc(Cl)c1. The average molecular weight is 358 g/mol. The molecule has 0 aliphatic rings. The molecular weight excluding hydrogens is 337 g/mol. The minimum absolute atomic E-state index is 0.202. The summed E-state index contributed by atoms with van der Waals surface area (Å²) in [6.07, 6.45) is 4.98. The minimum Gasteiger partial charge on any atom is -0.481 e. The van der Waals surface area contributed by atoms with E-state index in [-0.39, 0.29) is 12.5 Å². The first kappa shape index (κ1) is 19.6. The van der Waals surface area contributed by atoms with E-state index in [9.17, 15) is 4.79 Å². The number of nitrogens with one attached hydrogen (secondary N) is 1. The normalized spacial score (nSPS) is 12.3. The number of carbonyl (C=O) groups is 1. The maximum Gasteiger partial charge on any atom is 0.261 e. The van der Waals surface area contributed by atoms with E-state index in [2.05, 4.69) is 11.2 Å². The number of hydrogen-bond acceptors (Lipinski definition) is 3. The van der Waals surface area contributed by atoms with Gasteiger partial charge in [0.25, 0.3) is 5.91 Å². The van der Waals surface area contributed by atoms with Crippen molar-refractivity contribution in [2.75, 3.05) is 13.2 Å². The second-order valence-electron chi connectivity index (χ2n) is 5.69. The highest BCUT2D eigenvalue weighted by Gasteiger charge is 2.26. The zero-order valence-corrected chi connectivity index (χ0v) is 15.0. The summed E-state index contributed by atoms with van der Waals surface area (Å²) in [4.78, 5) is 12.4. The molecule has 0 aliphatic heterocycles. The number of halogens is 2. The van der Waals surface area contributed by atoms with Crippen LogP contribution in [0.4, 0.5) is 0 Å². The summed E-state index contributed by atoms with van der Waals surface area (Å²) in [7, 11) is 0. The van der Waals surface area contributed by atoms with Crippen LogP contribution in [0.1, 0.15) is 27.2 Å². The molecule has 0 heterocycles. The van der Waals surface area contributed by atoms with Crippen LogP contribution < -0.4 is 10.1 Å². The third-order valence-electron chi connectivity index (χ3n) is 2.89. The smallest absolute Gasteiger partial charge is 0.261 e. The highest BCUT2D eigenvalue weighted by Crippen LogP contribution is 2.25. The summed E-state index contributed by atoms with van der Waals surface area (Å²) in [5.41, 5.74) is -0.559. The van der Waals surface area contributed by atoms with Gasteiger partial charge in [0.15, 0.2) is 6.10 Å². The summed E-state index contributed by atoms with van der Waals surface area (Å²) in [6, 6.07) is 4.83. The van der Waals surface area contributed by atoms with Gasteiger partial charge in [-0.05, 0) is 38.5 Å². The molecule has 1 atom stereocenters. The van der Waals surface area contributed by atoms with E-state index in [4.69, 9.17) is 39.1 Å². The number of ether oxygens (including phenoxy) is 2. The average Bonchev–Trinajstić information content (AvgIpc) is 2.43. The molecule has 1 aromatic rings. The Morgan fingerprint density at radius 1 is 1.35 bits per heavy atom. The summed E-state index contributed by atoms with van der Waals surface area (Å²) in [5, 5.41) is 3.79. The molecule has 126 valence electrons. The molecule has 1 aromatic carbocycles. The molecule has 0 saturated carbocycles. The third kappa shape index (κ3) is 7.13. The van der Waals surface area contributed by atoms with Gasteiger partial charge in [-0.1, -0.05) is 36.0 Å². The second-order valence-corrected chi connectivity index (χ2v) is 6.56. The van der Waals surface area contributed by atoms with Crippen molar-refractivity contribution in [2.24, 2.45) is 0 Å². The van der Waals surface area contributed by atoms with Crippen LogP contribution in [-0.2, 0) is 9.53 Å². The summed E-state index contributed by atoms with van der Waals surface area (Å²) >= 11 is 11.9. The van der Waals surface area contributed by atoms with Crippen LogP contribution in [0.2, 0.25) is 10.0 Å². The Labute approximate surface area is 147 Å². The van der Waals surface area contributed by atoms with Crippen molar-refractivity contribution in [1.29, 1.82) is 0 Å². The first-order valence-electron chi connectivity index (χ1n) is 7.23. The number of carbonyl (C=O) groups excluding carboxylic acids is 1. The van der Waals surface area contributed by atoms with Crippen LogP contribution in [0.15, 0.2) is 18.2 Å². The van der Waals surface area contributed by atoms with Crippen molar-refractivity contribution in [2.45, 2.75) is 38.8 Å². The maximum atomic E-state index is 12.4. The summed E-state index contributed by atoms with van der Waals surface area (Å²) in [5.74, 6) is 2.60. The van der Waals surface area contributed by atoms with Gasteiger partial charge < -0.3 is 14.8 Å². The molecular formula is C17H21Cl2NO3. The van der Waals surface area contributed by atoms with Gasteiger partial charge in [-0.2, -0.15) is 0 Å². The molecule has 0 aliphatic carbocycles. The van der Waals surface area contributed by atoms with Gasteiger partial charge in [-0.3, -0.25) is 4.79 Å². The Morgan fingerprint density at radius 2 is 1.96 bits per heavy atom. The number of terminal acetylenes is 1. The molecule has 1 amide bonds. The van der Waals surface area contributed by atoms with Gasteiger partial charge in [0.2, 0.25) is 0 Å². The Balaban J connectivity index is 2.69. The molecule has 1 rings (SSSR count). The van der Waals surface area contributed by atoms with Gasteiger partial charge in [0.05, 0.1) is 12.1 Å². The van der Waals surface area contributed by atoms with E-state index in [1.165, 1.54) is 0 Å². The molecule has 0 spiro atoms. The second kappa shape index (κ2) is 9.02. The van der Waals surface area contributed by atoms with Gasteiger partial charge in [0.1, 0.15) is 12.4 Å². The molecule has 4 nitrogen and oxygen atoms in total. The first-order valence-corrected chi connectivity index (χ1v) is 7.99. The molecule has 1 unspecified atom stereocenters. The zero-order valence-electron chi connectivity index (χ0n) is 13.5. The fourth-order valence-electron chi connectivity index (χ4n) is 1.90. The number of rotatable bonds is 8. The molecule has 0 fully saturated rings. The lowest BCUT2D eigenvalue weighted by molar-refractivity contribution is -0.130. The van der Waals surface area contributed by atoms with Crippen LogP contribution in [0.3, 0.4) is 0 Å². The molecule has 6 heteroatoms. The monoisotopic (exact) mass is 357 g/mol. The van der Waals surface area contributed by atoms with Gasteiger partial charge in [-0.15, -0.1) is 6.42 Å². The quantitative estimate of drug-likeness (QED) is 0.570. The van der Waals surface area contributed by atoms with Crippen molar-refractivity contribution >= 4 is 29.1 Å². The highest BCUT2D eigenvalue weighted by molar-refractivity contribution is 6.34. The molecule has 0 aromatic heterocycles. The maximum absolute atomic E-state index is 12.4. The van der Waals surface area contributed by atoms with E-state index in [1.807, 2.05) is 20.8 Å². The van der Waals surface area contributed by atoms with Gasteiger partial charge in [0, 0.05) is 10.0 Å². The Kier molecular flexibility index (Phi) is 7.70. The fourth-order valence-corrected chi connectivity index (χ4v) is 2.40. The Bertz CT molecular complexity index is 561. The van der Waals surface area contributed by atoms with Crippen molar-refractivity contribution in [3.8, 4) is 18.1 Å². The van der Waals surface area contributed by atoms with Gasteiger partial charge in [-0.25, -0.2) is 0 Å². The van der Waals surface area contributed by atoms with E-state index in [1.54, 1.807) is 18.2 Å². The van der Waals surface area contributed by atoms with Gasteiger partial charge >= 0.3 is 0 Å². The number of benzene rings is 1. The molecule has 23 heavy (non-hydrogen) atoms. The third-order valence-corrected chi connectivity index (χ3v) is 3.32. The Hall–Kier alpha value is -1.41. The first-order chi connectivity index (χ1) is 10.8. The lowest BCUT2D eigenvalue weighted by atomic mass is 10.1. The largest absolute Gasteiger partial charge is 0.481 e. The highest BCUT2D eigenvalue weighted by atomic mass is 35.5. The van der Waals surface area contributed by atoms with E-state index in [0.29, 0.717) is 28.8 Å². The van der Waals surface area contributed by atoms with Crippen LogP contribution >= 0.6 is 23.2 Å². The number of hydrogen-bond donors (Lipinski definition) is 1. The van der Waals surface area contributed by atoms with Crippen LogP contribution in [-0.4, -0.2) is 30.8 Å². The molecule has 0 radical (unpaired) electrons. The van der Waals surface area contributed by atoms with Crippen molar-refractivity contribution in [1.82, 2.24) is 5.32 Å². The van der Waals surface area contributed by atoms with Crippen LogP contribution in [0.25, 0.3) is 0 Å². The Morgan fingerprint density at radius 3 is 2.48 bits per heavy atom. The fraction of sp³-hybridized carbons (Fsp3) is 0.471. The van der Waals surface area contributed by atoms with E-state index < -0.39 is 11.6 Å². The van der Waals surface area contributed by atoms with Crippen molar-refractivity contribution < 1.29 is 14.3 Å². The number of amides is 1. The van der Waals surface area contributed by atoms with Crippen LogP contribution in [0.5, 0.6) is 5.75 Å². The standard InChI is InChI=1S/C17H21Cl2NO3/c1-5-7-22-11-17(3,4)20-16(21)15(6-2)23-14-9-12(18)8-13(19)10-14/h1,8-10,15H,6-7,11H2,2-4H3,(H,20,21). The topological polar surface area (TPSA) is 47.6 Å². The summed E-state index contributed by atoms with van der Waals surface area (Å²) in [6.45, 7) is 6.07. The lowest BCUT2D eigenvalue weighted by Gasteiger charge is -2.28. The molecule has 0 saturated heterocycles. The minimum atomic E-state index is -0.656. The lowest BCUT2D eigenvalue weighted by Crippen LogP contribution is -2.51. The molecule has 0 bridgehead atoms. The van der Waals surface area contributed by atoms with Crippen molar-refractivity contribution in [3.05, 3.63) is 28.2 Å². The van der Waals surface area contributed by atoms with Crippen molar-refractivity contribution in [3.63, 3.8) is 0 Å². The zero-order chi connectivity index (χ0) is 17.5.